The van der Waals surface area contributed by atoms with Crippen LogP contribution in [0.15, 0.2) is 72.8 Å². The maximum Gasteiger partial charge on any atom is 0.174 e. The number of carbonyl (C=O) groups is 2. The molecule has 3 aromatic carbocycles. The molecule has 2 atom stereocenters. The highest BCUT2D eigenvalue weighted by Gasteiger charge is 2.40. The minimum absolute atomic E-state index is 0.177. The van der Waals surface area contributed by atoms with E-state index < -0.39 is 11.8 Å². The summed E-state index contributed by atoms with van der Waals surface area (Å²) in [5, 5.41) is 0. The van der Waals surface area contributed by atoms with Gasteiger partial charge in [0.15, 0.2) is 5.78 Å². The zero-order valence-electron chi connectivity index (χ0n) is 15.7. The Morgan fingerprint density at radius 1 is 0.893 bits per heavy atom. The highest BCUT2D eigenvalue weighted by atomic mass is 16.5. The number of Topliss-reactive ketones (excluding diaryl/α,β-unsaturated/α-hetero) is 2. The van der Waals surface area contributed by atoms with Crippen molar-refractivity contribution in [2.75, 3.05) is 7.11 Å². The van der Waals surface area contributed by atoms with Crippen molar-refractivity contribution in [1.82, 2.24) is 0 Å². The smallest absolute Gasteiger partial charge is 0.174 e. The predicted molar refractivity (Wildman–Crippen MR) is 106 cm³/mol. The van der Waals surface area contributed by atoms with E-state index in [0.717, 1.165) is 11.1 Å². The number of rotatable bonds is 5. The summed E-state index contributed by atoms with van der Waals surface area (Å²) in [6.07, 6.45) is 0. The third-order valence-corrected chi connectivity index (χ3v) is 5.14. The number of benzene rings is 3. The van der Waals surface area contributed by atoms with Gasteiger partial charge in [-0.05, 0) is 31.2 Å². The van der Waals surface area contributed by atoms with Gasteiger partial charge in [-0.1, -0.05) is 48.5 Å². The average Bonchev–Trinajstić information content (AvgIpc) is 2.73. The van der Waals surface area contributed by atoms with E-state index in [1.54, 1.807) is 31.4 Å². The fraction of sp³-hybridized carbons (Fsp3) is 0.167. The molecule has 3 aromatic rings. The number of ether oxygens (including phenoxy) is 2. The Kier molecular flexibility index (Phi) is 4.70. The van der Waals surface area contributed by atoms with Crippen LogP contribution in [0.1, 0.15) is 34.3 Å². The topological polar surface area (TPSA) is 52.6 Å². The van der Waals surface area contributed by atoms with Gasteiger partial charge in [-0.2, -0.15) is 0 Å². The number of ketones is 2. The van der Waals surface area contributed by atoms with Crippen molar-refractivity contribution in [2.24, 2.45) is 5.92 Å². The fourth-order valence-electron chi connectivity index (χ4n) is 3.82. The van der Waals surface area contributed by atoms with Crippen molar-refractivity contribution in [1.29, 1.82) is 0 Å². The summed E-state index contributed by atoms with van der Waals surface area (Å²) in [4.78, 5) is 26.1. The highest BCUT2D eigenvalue weighted by Crippen LogP contribution is 2.49. The van der Waals surface area contributed by atoms with Gasteiger partial charge in [0.2, 0.25) is 0 Å². The van der Waals surface area contributed by atoms with E-state index in [2.05, 4.69) is 0 Å². The summed E-state index contributed by atoms with van der Waals surface area (Å²) in [6.45, 7) is 1.48. The maximum absolute atomic E-state index is 13.4. The third-order valence-electron chi connectivity index (χ3n) is 5.14. The average molecular weight is 372 g/mol. The summed E-state index contributed by atoms with van der Waals surface area (Å²) in [5.74, 6) is 0.293. The molecular formula is C24H20O4. The molecule has 0 fully saturated rings. The van der Waals surface area contributed by atoms with Crippen molar-refractivity contribution in [3.05, 3.63) is 89.5 Å². The predicted octanol–water partition coefficient (Wildman–Crippen LogP) is 5.02. The molecule has 0 saturated heterocycles. The molecule has 0 spiro atoms. The van der Waals surface area contributed by atoms with Gasteiger partial charge >= 0.3 is 0 Å². The van der Waals surface area contributed by atoms with Crippen LogP contribution >= 0.6 is 0 Å². The second kappa shape index (κ2) is 7.31. The van der Waals surface area contributed by atoms with E-state index in [-0.39, 0.29) is 11.6 Å². The largest absolute Gasteiger partial charge is 0.497 e. The normalized spacial score (nSPS) is 15.6. The van der Waals surface area contributed by atoms with Gasteiger partial charge in [-0.3, -0.25) is 9.59 Å². The van der Waals surface area contributed by atoms with Crippen LogP contribution in [-0.4, -0.2) is 18.7 Å². The van der Waals surface area contributed by atoms with E-state index in [1.807, 2.05) is 48.5 Å². The van der Waals surface area contributed by atoms with Gasteiger partial charge in [0.25, 0.3) is 0 Å². The van der Waals surface area contributed by atoms with Crippen molar-refractivity contribution in [2.45, 2.75) is 12.8 Å². The first-order chi connectivity index (χ1) is 13.6. The lowest BCUT2D eigenvalue weighted by molar-refractivity contribution is -0.119. The van der Waals surface area contributed by atoms with Crippen molar-refractivity contribution < 1.29 is 19.1 Å². The first kappa shape index (κ1) is 18.0. The molecule has 0 N–H and O–H groups in total. The monoisotopic (exact) mass is 372 g/mol. The van der Waals surface area contributed by atoms with Crippen molar-refractivity contribution in [3.63, 3.8) is 0 Å². The lowest BCUT2D eigenvalue weighted by Crippen LogP contribution is -2.31. The number of carbonyl (C=O) groups excluding carboxylic acids is 2. The second-order valence-electron chi connectivity index (χ2n) is 6.84. The second-order valence-corrected chi connectivity index (χ2v) is 6.84. The molecule has 0 amide bonds. The Bertz CT molecular complexity index is 1040. The molecule has 1 heterocycles. The fourth-order valence-corrected chi connectivity index (χ4v) is 3.82. The standard InChI is InChI=1S/C24H20O4/c1-15(25)22(24(26)16-8-4-3-5-9-16)23-18-10-6-7-11-20(18)28-21-13-12-17(27-2)14-19(21)23/h3-14,22-23H,1-2H3/t22-,23-/m0/s1. The van der Waals surface area contributed by atoms with Crippen LogP contribution in [0.5, 0.6) is 17.2 Å². The van der Waals surface area contributed by atoms with Crippen LogP contribution in [0.3, 0.4) is 0 Å². The number of hydrogen-bond donors (Lipinski definition) is 0. The lowest BCUT2D eigenvalue weighted by Gasteiger charge is -2.32. The van der Waals surface area contributed by atoms with E-state index in [4.69, 9.17) is 9.47 Å². The van der Waals surface area contributed by atoms with Gasteiger partial charge in [0.05, 0.1) is 13.0 Å². The molecule has 1 aliphatic heterocycles. The number of methoxy groups -OCH3 is 1. The quantitative estimate of drug-likeness (QED) is 0.466. The van der Waals surface area contributed by atoms with Gasteiger partial charge in [0.1, 0.15) is 23.0 Å². The van der Waals surface area contributed by atoms with Gasteiger partial charge in [-0.25, -0.2) is 0 Å². The Morgan fingerprint density at radius 2 is 1.57 bits per heavy atom. The van der Waals surface area contributed by atoms with Crippen molar-refractivity contribution >= 4 is 11.6 Å². The zero-order chi connectivity index (χ0) is 19.7. The molecule has 28 heavy (non-hydrogen) atoms. The number of hydrogen-bond acceptors (Lipinski definition) is 4. The van der Waals surface area contributed by atoms with Crippen LogP contribution in [0, 0.1) is 5.92 Å². The molecule has 4 rings (SSSR count). The summed E-state index contributed by atoms with van der Waals surface area (Å²) < 4.78 is 11.4. The third kappa shape index (κ3) is 3.07. The summed E-state index contributed by atoms with van der Waals surface area (Å²) in [5.41, 5.74) is 2.13. The molecule has 0 aliphatic carbocycles. The minimum atomic E-state index is -0.849. The Hall–Kier alpha value is -3.40. The van der Waals surface area contributed by atoms with Crippen LogP contribution in [-0.2, 0) is 4.79 Å². The summed E-state index contributed by atoms with van der Waals surface area (Å²) in [6, 6.07) is 22.0. The molecule has 0 saturated carbocycles. The van der Waals surface area contributed by atoms with E-state index >= 15 is 0 Å². The molecule has 0 radical (unpaired) electrons. The Morgan fingerprint density at radius 3 is 2.29 bits per heavy atom. The number of para-hydroxylation sites is 1. The van der Waals surface area contributed by atoms with Crippen LogP contribution < -0.4 is 9.47 Å². The van der Waals surface area contributed by atoms with Gasteiger partial charge in [0, 0.05) is 22.6 Å². The highest BCUT2D eigenvalue weighted by molar-refractivity contribution is 6.11. The Labute approximate surface area is 163 Å². The van der Waals surface area contributed by atoms with Crippen LogP contribution in [0.2, 0.25) is 0 Å². The molecule has 1 aliphatic rings. The zero-order valence-corrected chi connectivity index (χ0v) is 15.7. The molecule has 0 unspecified atom stereocenters. The molecule has 4 heteroatoms. The van der Waals surface area contributed by atoms with Crippen molar-refractivity contribution in [3.8, 4) is 17.2 Å². The molecule has 140 valence electrons. The molecule has 4 nitrogen and oxygen atoms in total. The van der Waals surface area contributed by atoms with Gasteiger partial charge in [-0.15, -0.1) is 0 Å². The SMILES string of the molecule is COc1ccc2c(c1)[C@@H]([C@H](C(C)=O)C(=O)c1ccccc1)c1ccccc1O2. The summed E-state index contributed by atoms with van der Waals surface area (Å²) in [7, 11) is 1.59. The van der Waals surface area contributed by atoms with E-state index in [1.165, 1.54) is 6.92 Å². The van der Waals surface area contributed by atoms with E-state index in [9.17, 15) is 9.59 Å². The summed E-state index contributed by atoms with van der Waals surface area (Å²) >= 11 is 0. The van der Waals surface area contributed by atoms with Crippen LogP contribution in [0.4, 0.5) is 0 Å². The van der Waals surface area contributed by atoms with Crippen LogP contribution in [0.25, 0.3) is 0 Å². The minimum Gasteiger partial charge on any atom is -0.497 e. The van der Waals surface area contributed by atoms with Gasteiger partial charge < -0.3 is 9.47 Å². The molecular weight excluding hydrogens is 352 g/mol. The molecule has 0 aromatic heterocycles. The molecule has 0 bridgehead atoms. The van der Waals surface area contributed by atoms with E-state index in [0.29, 0.717) is 22.8 Å². The first-order valence-corrected chi connectivity index (χ1v) is 9.14. The first-order valence-electron chi connectivity index (χ1n) is 9.14. The Balaban J connectivity index is 1.91. The number of fused-ring (bicyclic) bond motifs is 2. The lowest BCUT2D eigenvalue weighted by atomic mass is 9.74. The maximum atomic E-state index is 13.4.